The molecule has 0 aliphatic heterocycles. The number of halogens is 1. The van der Waals surface area contributed by atoms with Gasteiger partial charge in [-0.1, -0.05) is 22.9 Å². The number of aldehydes is 1. The minimum Gasteiger partial charge on any atom is -0.383 e. The molecule has 6 heteroatoms. The standard InChI is InChI=1S/C9H13ClN2O2S/c1-6(5-14-3)12(2)9-11-8(10)7(4-13)15-9/h4,6H,5H2,1-3H3. The first kappa shape index (κ1) is 12.4. The normalized spacial score (nSPS) is 12.5. The number of anilines is 1. The van der Waals surface area contributed by atoms with Crippen molar-refractivity contribution in [1.29, 1.82) is 0 Å². The van der Waals surface area contributed by atoms with Crippen LogP contribution in [0.2, 0.25) is 5.15 Å². The molecular formula is C9H13ClN2O2S. The Hall–Kier alpha value is -0.650. The predicted molar refractivity (Wildman–Crippen MR) is 62.3 cm³/mol. The number of hydrogen-bond acceptors (Lipinski definition) is 5. The minimum atomic E-state index is 0.191. The van der Waals surface area contributed by atoms with E-state index in [1.54, 1.807) is 7.11 Å². The summed E-state index contributed by atoms with van der Waals surface area (Å²) in [6.07, 6.45) is 0.721. The Morgan fingerprint density at radius 3 is 2.87 bits per heavy atom. The van der Waals surface area contributed by atoms with E-state index in [4.69, 9.17) is 16.3 Å². The van der Waals surface area contributed by atoms with Gasteiger partial charge < -0.3 is 9.64 Å². The van der Waals surface area contributed by atoms with Gasteiger partial charge in [0.15, 0.2) is 16.6 Å². The Labute approximate surface area is 97.8 Å². The van der Waals surface area contributed by atoms with Gasteiger partial charge in [0.1, 0.15) is 4.88 Å². The Kier molecular flexibility index (Phi) is 4.50. The van der Waals surface area contributed by atoms with E-state index in [0.29, 0.717) is 11.5 Å². The SMILES string of the molecule is COCC(C)N(C)c1nc(Cl)c(C=O)s1. The lowest BCUT2D eigenvalue weighted by atomic mass is 10.3. The van der Waals surface area contributed by atoms with Gasteiger partial charge in [0.05, 0.1) is 12.6 Å². The van der Waals surface area contributed by atoms with Gasteiger partial charge in [-0.05, 0) is 6.92 Å². The average molecular weight is 249 g/mol. The topological polar surface area (TPSA) is 42.4 Å². The molecule has 0 fully saturated rings. The number of nitrogens with zero attached hydrogens (tertiary/aromatic N) is 2. The van der Waals surface area contributed by atoms with E-state index in [9.17, 15) is 4.79 Å². The van der Waals surface area contributed by atoms with Crippen molar-refractivity contribution < 1.29 is 9.53 Å². The quantitative estimate of drug-likeness (QED) is 0.749. The number of methoxy groups -OCH3 is 1. The van der Waals surface area contributed by atoms with E-state index in [1.807, 2.05) is 18.9 Å². The van der Waals surface area contributed by atoms with Crippen LogP contribution in [0, 0.1) is 0 Å². The number of carbonyl (C=O) groups is 1. The number of thiazole rings is 1. The molecule has 0 saturated heterocycles. The number of aromatic nitrogens is 1. The molecule has 4 nitrogen and oxygen atoms in total. The number of likely N-dealkylation sites (N-methyl/N-ethyl adjacent to an activating group) is 1. The lowest BCUT2D eigenvalue weighted by Crippen LogP contribution is -2.32. The van der Waals surface area contributed by atoms with Gasteiger partial charge >= 0.3 is 0 Å². The summed E-state index contributed by atoms with van der Waals surface area (Å²) in [4.78, 5) is 17.1. The van der Waals surface area contributed by atoms with Gasteiger partial charge in [0.2, 0.25) is 0 Å². The highest BCUT2D eigenvalue weighted by atomic mass is 35.5. The summed E-state index contributed by atoms with van der Waals surface area (Å²) < 4.78 is 5.04. The molecular weight excluding hydrogens is 236 g/mol. The molecule has 0 N–H and O–H groups in total. The fraction of sp³-hybridized carbons (Fsp3) is 0.556. The monoisotopic (exact) mass is 248 g/mol. The number of carbonyl (C=O) groups excluding carboxylic acids is 1. The van der Waals surface area contributed by atoms with Gasteiger partial charge in [0, 0.05) is 14.2 Å². The molecule has 84 valence electrons. The van der Waals surface area contributed by atoms with Crippen molar-refractivity contribution in [1.82, 2.24) is 4.98 Å². The molecule has 0 radical (unpaired) electrons. The first-order valence-electron chi connectivity index (χ1n) is 4.43. The van der Waals surface area contributed by atoms with E-state index in [2.05, 4.69) is 4.98 Å². The summed E-state index contributed by atoms with van der Waals surface area (Å²) in [5.74, 6) is 0. The number of rotatable bonds is 5. The summed E-state index contributed by atoms with van der Waals surface area (Å²) >= 11 is 7.06. The van der Waals surface area contributed by atoms with E-state index in [0.717, 1.165) is 11.4 Å². The summed E-state index contributed by atoms with van der Waals surface area (Å²) in [5.41, 5.74) is 0. The molecule has 1 unspecified atom stereocenters. The minimum absolute atomic E-state index is 0.191. The highest BCUT2D eigenvalue weighted by Crippen LogP contribution is 2.28. The Balaban J connectivity index is 2.81. The fourth-order valence-electron chi connectivity index (χ4n) is 1.07. The number of ether oxygens (including phenoxy) is 1. The lowest BCUT2D eigenvalue weighted by molar-refractivity contribution is 0.112. The summed E-state index contributed by atoms with van der Waals surface area (Å²) in [6.45, 7) is 2.61. The van der Waals surface area contributed by atoms with Crippen LogP contribution in [0.25, 0.3) is 0 Å². The molecule has 0 aromatic carbocycles. The first-order chi connectivity index (χ1) is 7.10. The van der Waals surface area contributed by atoms with Crippen molar-refractivity contribution in [3.63, 3.8) is 0 Å². The van der Waals surface area contributed by atoms with Crippen molar-refractivity contribution in [3.05, 3.63) is 10.0 Å². The van der Waals surface area contributed by atoms with Crippen LogP contribution >= 0.6 is 22.9 Å². The van der Waals surface area contributed by atoms with Crippen LogP contribution in [0.4, 0.5) is 5.13 Å². The second-order valence-corrected chi connectivity index (χ2v) is 4.55. The van der Waals surface area contributed by atoms with Crippen LogP contribution in [-0.4, -0.2) is 38.1 Å². The summed E-state index contributed by atoms with van der Waals surface area (Å²) in [7, 11) is 3.55. The zero-order valence-corrected chi connectivity index (χ0v) is 10.4. The van der Waals surface area contributed by atoms with Crippen molar-refractivity contribution >= 4 is 34.4 Å². The first-order valence-corrected chi connectivity index (χ1v) is 5.62. The highest BCUT2D eigenvalue weighted by Gasteiger charge is 2.16. The molecule has 0 aliphatic rings. The highest BCUT2D eigenvalue weighted by molar-refractivity contribution is 7.17. The largest absolute Gasteiger partial charge is 0.383 e. The third-order valence-corrected chi connectivity index (χ3v) is 3.55. The zero-order valence-electron chi connectivity index (χ0n) is 8.86. The second kappa shape index (κ2) is 5.44. The van der Waals surface area contributed by atoms with Crippen LogP contribution in [0.15, 0.2) is 0 Å². The molecule has 1 rings (SSSR count). The molecule has 0 amide bonds. The molecule has 0 aliphatic carbocycles. The van der Waals surface area contributed by atoms with Crippen LogP contribution in [-0.2, 0) is 4.74 Å². The smallest absolute Gasteiger partial charge is 0.187 e. The average Bonchev–Trinajstić information content (AvgIpc) is 2.59. The Morgan fingerprint density at radius 1 is 1.73 bits per heavy atom. The van der Waals surface area contributed by atoms with Gasteiger partial charge in [-0.2, -0.15) is 0 Å². The van der Waals surface area contributed by atoms with Crippen molar-refractivity contribution in [2.24, 2.45) is 0 Å². The van der Waals surface area contributed by atoms with E-state index in [-0.39, 0.29) is 11.2 Å². The third kappa shape index (κ3) is 2.90. The molecule has 0 spiro atoms. The van der Waals surface area contributed by atoms with E-state index < -0.39 is 0 Å². The molecule has 0 saturated carbocycles. The number of hydrogen-bond donors (Lipinski definition) is 0. The lowest BCUT2D eigenvalue weighted by Gasteiger charge is -2.23. The van der Waals surface area contributed by atoms with Crippen molar-refractivity contribution in [2.45, 2.75) is 13.0 Å². The van der Waals surface area contributed by atoms with Gasteiger partial charge in [-0.25, -0.2) is 4.98 Å². The van der Waals surface area contributed by atoms with E-state index >= 15 is 0 Å². The fourth-order valence-corrected chi connectivity index (χ4v) is 2.19. The molecule has 1 aromatic rings. The third-order valence-electron chi connectivity index (χ3n) is 2.08. The van der Waals surface area contributed by atoms with Gasteiger partial charge in [-0.15, -0.1) is 0 Å². The van der Waals surface area contributed by atoms with Gasteiger partial charge in [-0.3, -0.25) is 4.79 Å². The van der Waals surface area contributed by atoms with Crippen LogP contribution < -0.4 is 4.90 Å². The van der Waals surface area contributed by atoms with Gasteiger partial charge in [0.25, 0.3) is 0 Å². The van der Waals surface area contributed by atoms with E-state index in [1.165, 1.54) is 11.3 Å². The van der Waals surface area contributed by atoms with Crippen molar-refractivity contribution in [2.75, 3.05) is 25.7 Å². The zero-order chi connectivity index (χ0) is 11.4. The van der Waals surface area contributed by atoms with Crippen molar-refractivity contribution in [3.8, 4) is 0 Å². The molecule has 1 aromatic heterocycles. The Bertz CT molecular complexity index is 343. The molecule has 1 atom stereocenters. The van der Waals surface area contributed by atoms with Crippen LogP contribution in [0.3, 0.4) is 0 Å². The Morgan fingerprint density at radius 2 is 2.40 bits per heavy atom. The molecule has 1 heterocycles. The molecule has 0 bridgehead atoms. The summed E-state index contributed by atoms with van der Waals surface area (Å²) in [5, 5.41) is 0.994. The summed E-state index contributed by atoms with van der Waals surface area (Å²) in [6, 6.07) is 0.191. The maximum absolute atomic E-state index is 10.6. The van der Waals surface area contributed by atoms with Crippen LogP contribution in [0.5, 0.6) is 0 Å². The maximum atomic E-state index is 10.6. The molecule has 15 heavy (non-hydrogen) atoms. The predicted octanol–water partition coefficient (Wildman–Crippen LogP) is 2.08. The maximum Gasteiger partial charge on any atom is 0.187 e. The second-order valence-electron chi connectivity index (χ2n) is 3.18. The van der Waals surface area contributed by atoms with Crippen LogP contribution in [0.1, 0.15) is 16.6 Å².